The van der Waals surface area contributed by atoms with Gasteiger partial charge in [-0.1, -0.05) is 0 Å². The summed E-state index contributed by atoms with van der Waals surface area (Å²) in [6.45, 7) is 3.59. The highest BCUT2D eigenvalue weighted by molar-refractivity contribution is 5.89. The molecule has 2 aromatic rings. The quantitative estimate of drug-likeness (QED) is 0.938. The molecule has 1 N–H and O–H groups in total. The predicted molar refractivity (Wildman–Crippen MR) is 86.1 cm³/mol. The second-order valence-corrected chi connectivity index (χ2v) is 6.27. The number of anilines is 1. The number of aryl methyl sites for hydroxylation is 1. The van der Waals surface area contributed by atoms with Gasteiger partial charge in [-0.2, -0.15) is 5.10 Å². The highest BCUT2D eigenvalue weighted by Crippen LogP contribution is 2.30. The lowest BCUT2D eigenvalue weighted by Crippen LogP contribution is -2.27. The van der Waals surface area contributed by atoms with Crippen LogP contribution in [0.2, 0.25) is 0 Å². The van der Waals surface area contributed by atoms with Gasteiger partial charge >= 0.3 is 0 Å². The number of hydrogen-bond donors (Lipinski definition) is 1. The zero-order valence-corrected chi connectivity index (χ0v) is 13.5. The van der Waals surface area contributed by atoms with Crippen LogP contribution in [0.15, 0.2) is 6.33 Å². The summed E-state index contributed by atoms with van der Waals surface area (Å²) in [5.74, 6) is 0.807. The first-order valence-electron chi connectivity index (χ1n) is 8.52. The Bertz CT molecular complexity index is 674. The van der Waals surface area contributed by atoms with Gasteiger partial charge < -0.3 is 14.8 Å². The molecule has 0 spiro atoms. The number of nitrogens with one attached hydrogen (secondary N) is 1. The first kappa shape index (κ1) is 14.8. The molecule has 0 amide bonds. The van der Waals surface area contributed by atoms with Crippen LogP contribution < -0.4 is 5.32 Å². The largest absolute Gasteiger partial charge is 0.359 e. The number of fused-ring (bicyclic) bond motifs is 1. The van der Waals surface area contributed by atoms with E-state index in [1.54, 1.807) is 6.33 Å². The maximum atomic E-state index is 5.87. The topological polar surface area (TPSA) is 74.1 Å². The van der Waals surface area contributed by atoms with Gasteiger partial charge in [0.2, 0.25) is 0 Å². The molecule has 4 rings (SSSR count). The lowest BCUT2D eigenvalue weighted by atomic mass is 10.2. The zero-order valence-electron chi connectivity index (χ0n) is 13.5. The molecule has 0 radical (unpaired) electrons. The molecule has 0 aliphatic carbocycles. The Balaban J connectivity index is 1.67. The van der Waals surface area contributed by atoms with Gasteiger partial charge in [0.1, 0.15) is 18.4 Å². The Morgan fingerprint density at radius 3 is 2.65 bits per heavy atom. The van der Waals surface area contributed by atoms with Crippen LogP contribution in [0.5, 0.6) is 0 Å². The first-order valence-corrected chi connectivity index (χ1v) is 8.52. The molecular weight excluding hydrogens is 294 g/mol. The van der Waals surface area contributed by atoms with Crippen molar-refractivity contribution in [2.45, 2.75) is 57.9 Å². The van der Waals surface area contributed by atoms with Crippen LogP contribution in [0.4, 0.5) is 5.82 Å². The summed E-state index contributed by atoms with van der Waals surface area (Å²) >= 11 is 0. The van der Waals surface area contributed by atoms with Crippen molar-refractivity contribution in [3.8, 4) is 0 Å². The number of hydrogen-bond acceptors (Lipinski definition) is 6. The van der Waals surface area contributed by atoms with Gasteiger partial charge in [0.25, 0.3) is 0 Å². The van der Waals surface area contributed by atoms with E-state index in [-0.39, 0.29) is 12.5 Å². The summed E-state index contributed by atoms with van der Waals surface area (Å²) in [6, 6.07) is 0. The molecular formula is C16H23N5O2. The van der Waals surface area contributed by atoms with E-state index in [2.05, 4.69) is 20.4 Å². The summed E-state index contributed by atoms with van der Waals surface area (Å²) in [5.41, 5.74) is 1.76. The first-order chi connectivity index (χ1) is 11.3. The number of aromatic nitrogens is 4. The fourth-order valence-corrected chi connectivity index (χ4v) is 3.38. The molecule has 124 valence electrons. The fraction of sp³-hybridized carbons (Fsp3) is 0.688. The summed E-state index contributed by atoms with van der Waals surface area (Å²) in [7, 11) is 0. The summed E-state index contributed by atoms with van der Waals surface area (Å²) in [4.78, 5) is 8.88. The van der Waals surface area contributed by atoms with E-state index >= 15 is 0 Å². The van der Waals surface area contributed by atoms with Gasteiger partial charge in [-0.05, 0) is 45.4 Å². The van der Waals surface area contributed by atoms with Crippen LogP contribution in [-0.4, -0.2) is 39.2 Å². The van der Waals surface area contributed by atoms with E-state index in [0.29, 0.717) is 0 Å². The monoisotopic (exact) mass is 317 g/mol. The Kier molecular flexibility index (Phi) is 4.13. The maximum Gasteiger partial charge on any atom is 0.166 e. The second-order valence-electron chi connectivity index (χ2n) is 6.27. The third-order valence-corrected chi connectivity index (χ3v) is 4.57. The van der Waals surface area contributed by atoms with Crippen LogP contribution in [0.25, 0.3) is 11.0 Å². The molecule has 0 saturated carbocycles. The predicted octanol–water partition coefficient (Wildman–Crippen LogP) is 2.77. The molecule has 2 atom stereocenters. The van der Waals surface area contributed by atoms with Crippen molar-refractivity contribution in [3.63, 3.8) is 0 Å². The Hall–Kier alpha value is -1.73. The second kappa shape index (κ2) is 6.41. The van der Waals surface area contributed by atoms with Gasteiger partial charge in [0.05, 0.1) is 11.1 Å². The van der Waals surface area contributed by atoms with Crippen molar-refractivity contribution in [2.75, 3.05) is 18.5 Å². The molecule has 2 saturated heterocycles. The molecule has 2 aliphatic rings. The molecule has 7 heteroatoms. The number of rotatable bonds is 3. The smallest absolute Gasteiger partial charge is 0.166 e. The third kappa shape index (κ3) is 2.90. The van der Waals surface area contributed by atoms with Crippen molar-refractivity contribution < 1.29 is 9.47 Å². The summed E-state index contributed by atoms with van der Waals surface area (Å²) < 4.78 is 13.6. The van der Waals surface area contributed by atoms with Crippen LogP contribution in [-0.2, 0) is 9.47 Å². The minimum Gasteiger partial charge on any atom is -0.359 e. The van der Waals surface area contributed by atoms with Crippen molar-refractivity contribution >= 4 is 16.9 Å². The van der Waals surface area contributed by atoms with Crippen molar-refractivity contribution in [1.82, 2.24) is 19.7 Å². The van der Waals surface area contributed by atoms with Crippen LogP contribution >= 0.6 is 0 Å². The summed E-state index contributed by atoms with van der Waals surface area (Å²) in [6.07, 6.45) is 8.18. The van der Waals surface area contributed by atoms with Crippen molar-refractivity contribution in [1.29, 1.82) is 0 Å². The van der Waals surface area contributed by atoms with E-state index < -0.39 is 0 Å². The minimum atomic E-state index is -0.0198. The van der Waals surface area contributed by atoms with Gasteiger partial charge in [0.15, 0.2) is 11.9 Å². The van der Waals surface area contributed by atoms with Crippen LogP contribution in [0.1, 0.15) is 50.4 Å². The Morgan fingerprint density at radius 1 is 1.09 bits per heavy atom. The number of ether oxygens (including phenoxy) is 2. The standard InChI is InChI=1S/C16H23N5O2/c1-11-14-15(19-12-6-2-4-8-22-12)17-10-18-16(14)21(20-11)13-7-3-5-9-23-13/h10,12-13H,2-9H2,1H3,(H,17,18,19). The molecule has 4 heterocycles. The van der Waals surface area contributed by atoms with Crippen molar-refractivity contribution in [3.05, 3.63) is 12.0 Å². The molecule has 2 unspecified atom stereocenters. The normalized spacial score (nSPS) is 25.6. The fourth-order valence-electron chi connectivity index (χ4n) is 3.38. The van der Waals surface area contributed by atoms with E-state index in [4.69, 9.17) is 9.47 Å². The Labute approximate surface area is 135 Å². The highest BCUT2D eigenvalue weighted by Gasteiger charge is 2.23. The average molecular weight is 317 g/mol. The van der Waals surface area contributed by atoms with Gasteiger partial charge in [-0.25, -0.2) is 14.6 Å². The average Bonchev–Trinajstić information content (AvgIpc) is 2.95. The van der Waals surface area contributed by atoms with Gasteiger partial charge in [-0.3, -0.25) is 0 Å². The van der Waals surface area contributed by atoms with Gasteiger partial charge in [-0.15, -0.1) is 0 Å². The van der Waals surface area contributed by atoms with E-state index in [9.17, 15) is 0 Å². The molecule has 2 fully saturated rings. The molecule has 7 nitrogen and oxygen atoms in total. The summed E-state index contributed by atoms with van der Waals surface area (Å²) in [5, 5.41) is 9.06. The lowest BCUT2D eigenvalue weighted by Gasteiger charge is -2.24. The van der Waals surface area contributed by atoms with E-state index in [1.165, 1.54) is 6.42 Å². The van der Waals surface area contributed by atoms with Crippen LogP contribution in [0.3, 0.4) is 0 Å². The maximum absolute atomic E-state index is 5.87. The van der Waals surface area contributed by atoms with Crippen molar-refractivity contribution in [2.24, 2.45) is 0 Å². The number of nitrogens with zero attached hydrogens (tertiary/aromatic N) is 4. The SMILES string of the molecule is Cc1nn(C2CCCCO2)c2ncnc(NC3CCCCO3)c12. The van der Waals surface area contributed by atoms with Crippen LogP contribution in [0, 0.1) is 6.92 Å². The Morgan fingerprint density at radius 2 is 1.91 bits per heavy atom. The van der Waals surface area contributed by atoms with Gasteiger partial charge in [0, 0.05) is 13.2 Å². The van der Waals surface area contributed by atoms with E-state index in [1.807, 2.05) is 11.6 Å². The molecule has 0 aromatic carbocycles. The van der Waals surface area contributed by atoms with E-state index in [0.717, 1.165) is 67.9 Å². The third-order valence-electron chi connectivity index (χ3n) is 4.57. The molecule has 2 aromatic heterocycles. The molecule has 0 bridgehead atoms. The molecule has 2 aliphatic heterocycles. The minimum absolute atomic E-state index is 0.0198. The molecule has 23 heavy (non-hydrogen) atoms. The highest BCUT2D eigenvalue weighted by atomic mass is 16.5. The lowest BCUT2D eigenvalue weighted by molar-refractivity contribution is -0.0371. The zero-order chi connectivity index (χ0) is 15.6.